The molecular weight excluding hydrogens is 607 g/mol. The molecule has 0 aromatic heterocycles. The van der Waals surface area contributed by atoms with Gasteiger partial charge in [0.1, 0.15) is 0 Å². The largest absolute Gasteiger partial charge is 0.344 e. The minimum absolute atomic E-state index is 0. The van der Waals surface area contributed by atoms with Crippen molar-refractivity contribution in [2.75, 3.05) is 0 Å². The molecule has 0 unspecified atom stereocenters. The molecule has 0 atom stereocenters. The van der Waals surface area contributed by atoms with E-state index in [1.807, 2.05) is 0 Å². The van der Waals surface area contributed by atoms with E-state index in [1.54, 1.807) is 0 Å². The molecule has 6 heteroatoms. The summed E-state index contributed by atoms with van der Waals surface area (Å²) in [5, 5.41) is 10.4. The van der Waals surface area contributed by atoms with Crippen LogP contribution in [0.25, 0.3) is 32.7 Å². The number of hydrogen-bond acceptors (Lipinski definition) is 3. The minimum atomic E-state index is -2.12. The van der Waals surface area contributed by atoms with Crippen molar-refractivity contribution >= 4 is 74.5 Å². The van der Waals surface area contributed by atoms with Crippen LogP contribution in [-0.4, -0.2) is 32.3 Å². The molecule has 0 aliphatic carbocycles. The Morgan fingerprint density at radius 1 is 0.476 bits per heavy atom. The number of rotatable bonds is 4. The van der Waals surface area contributed by atoms with Gasteiger partial charge in [-0.15, -0.1) is 0 Å². The average Bonchev–Trinajstić information content (AvgIpc) is 3.22. The van der Waals surface area contributed by atoms with Crippen molar-refractivity contribution in [1.82, 2.24) is 6.15 Å². The van der Waals surface area contributed by atoms with Crippen LogP contribution in [-0.2, 0) is 0 Å². The molecule has 208 valence electrons. The predicted molar refractivity (Wildman–Crippen MR) is 185 cm³/mol. The van der Waals surface area contributed by atoms with Crippen molar-refractivity contribution in [2.45, 2.75) is 26.2 Å². The summed E-state index contributed by atoms with van der Waals surface area (Å²) < 4.78 is 13.7. The third kappa shape index (κ3) is 4.52. The molecule has 6 aromatic carbocycles. The van der Waals surface area contributed by atoms with Crippen LogP contribution in [0.5, 0.6) is 11.5 Å². The fraction of sp³-hybridized carbons (Fsp3) is 0.111. The summed E-state index contributed by atoms with van der Waals surface area (Å²) in [6.07, 6.45) is 0. The number of hydrogen-bond donors (Lipinski definition) is 1. The van der Waals surface area contributed by atoms with Gasteiger partial charge in [-0.2, -0.15) is 0 Å². The van der Waals surface area contributed by atoms with Gasteiger partial charge in [0.25, 0.3) is 0 Å². The Bertz CT molecular complexity index is 1780. The summed E-state index contributed by atoms with van der Waals surface area (Å²) in [6.45, 7) is 9.79. The van der Waals surface area contributed by atoms with Gasteiger partial charge < -0.3 is 6.15 Å². The topological polar surface area (TPSA) is 53.5 Å². The fourth-order valence-corrected chi connectivity index (χ4v) is 13.4. The van der Waals surface area contributed by atoms with E-state index in [-0.39, 0.29) is 6.15 Å². The molecule has 3 N–H and O–H groups in total. The first kappa shape index (κ1) is 28.5. The molecule has 6 aromatic rings. The second kappa shape index (κ2) is 10.9. The van der Waals surface area contributed by atoms with Gasteiger partial charge in [-0.1, -0.05) is 0 Å². The van der Waals surface area contributed by atoms with E-state index < -0.39 is 32.3 Å². The molecule has 3 nitrogen and oxygen atoms in total. The first-order valence-electron chi connectivity index (χ1n) is 14.2. The van der Waals surface area contributed by atoms with Crippen molar-refractivity contribution in [3.05, 3.63) is 121 Å². The van der Waals surface area contributed by atoms with Gasteiger partial charge in [-0.05, 0) is 0 Å². The molecule has 0 saturated carbocycles. The summed E-state index contributed by atoms with van der Waals surface area (Å²) in [6, 6.07) is 44.4. The normalized spacial score (nSPS) is 12.9. The SMILES string of the molecule is C[Si](C)(c1ccccc1)c1cc2ccccc2c2c1[O][Ge][O]c1c([Si](C)(C)c3ccccc3)cc3ccccc3c1-2.N. The van der Waals surface area contributed by atoms with Crippen LogP contribution in [0, 0.1) is 0 Å². The van der Waals surface area contributed by atoms with Gasteiger partial charge in [0, 0.05) is 0 Å². The molecule has 7 rings (SSSR count). The van der Waals surface area contributed by atoms with Crippen LogP contribution in [0.15, 0.2) is 121 Å². The Balaban J connectivity index is 0.00000316. The summed E-state index contributed by atoms with van der Waals surface area (Å²) >= 11 is -1.20. The van der Waals surface area contributed by atoms with Crippen LogP contribution in [0.1, 0.15) is 0 Å². The first-order chi connectivity index (χ1) is 19.9. The van der Waals surface area contributed by atoms with E-state index in [2.05, 4.69) is 148 Å². The zero-order valence-corrected chi connectivity index (χ0v) is 28.7. The summed E-state index contributed by atoms with van der Waals surface area (Å²) in [5.74, 6) is 2.06. The number of benzene rings is 6. The maximum Gasteiger partial charge on any atom is -0.344 e. The minimum Gasteiger partial charge on any atom is -0.344 e. The van der Waals surface area contributed by atoms with E-state index in [0.717, 1.165) is 11.5 Å². The van der Waals surface area contributed by atoms with Crippen molar-refractivity contribution in [2.24, 2.45) is 0 Å². The Hall–Kier alpha value is -3.62. The zero-order valence-electron chi connectivity index (χ0n) is 24.6. The van der Waals surface area contributed by atoms with Crippen LogP contribution < -0.4 is 34.4 Å². The summed E-state index contributed by atoms with van der Waals surface area (Å²) in [7, 11) is -4.24. The third-order valence-corrected chi connectivity index (χ3v) is 17.1. The van der Waals surface area contributed by atoms with E-state index in [1.165, 1.54) is 53.4 Å². The smallest absolute Gasteiger partial charge is 0.344 e. The van der Waals surface area contributed by atoms with Gasteiger partial charge in [0.05, 0.1) is 0 Å². The van der Waals surface area contributed by atoms with Gasteiger partial charge in [-0.25, -0.2) is 0 Å². The Labute approximate surface area is 257 Å². The van der Waals surface area contributed by atoms with Crippen LogP contribution >= 0.6 is 0 Å². The number of fused-ring (bicyclic) bond motifs is 7. The second-order valence-corrected chi connectivity index (χ2v) is 21.9. The Morgan fingerprint density at radius 2 is 0.833 bits per heavy atom. The van der Waals surface area contributed by atoms with Crippen molar-refractivity contribution in [3.8, 4) is 22.6 Å². The van der Waals surface area contributed by atoms with Gasteiger partial charge in [0.2, 0.25) is 0 Å². The first-order valence-corrected chi connectivity index (χ1v) is 21.9. The van der Waals surface area contributed by atoms with Crippen molar-refractivity contribution < 1.29 is 7.53 Å². The van der Waals surface area contributed by atoms with E-state index in [0.29, 0.717) is 0 Å². The summed E-state index contributed by atoms with van der Waals surface area (Å²) in [5.41, 5.74) is 2.39. The van der Waals surface area contributed by atoms with Crippen LogP contribution in [0.3, 0.4) is 0 Å². The molecule has 1 aliphatic rings. The molecule has 1 aliphatic heterocycles. The monoisotopic (exact) mass is 643 g/mol. The molecule has 0 amide bonds. The molecule has 2 radical (unpaired) electrons. The zero-order chi connectivity index (χ0) is 28.2. The second-order valence-electron chi connectivity index (χ2n) is 12.0. The standard InChI is InChI=1S/C36H32GeO2Si2.H3N/c1-40(2,27-17-7-5-8-18-27)31-23-25-15-11-13-21-29(25)33-34-30-22-14-12-16-26(30)24-32(36(34)39-37-38-35(31)33)41(3,4)28-19-9-6-10-20-28;/h5-24H,1-4H3;1H3. The molecule has 1 heterocycles. The van der Waals surface area contributed by atoms with Crippen molar-refractivity contribution in [3.63, 3.8) is 0 Å². The van der Waals surface area contributed by atoms with Crippen LogP contribution in [0.2, 0.25) is 26.2 Å². The summed E-state index contributed by atoms with van der Waals surface area (Å²) in [4.78, 5) is 0. The molecule has 0 spiro atoms. The molecule has 0 saturated heterocycles. The molecule has 0 fully saturated rings. The maximum absolute atomic E-state index is 6.85. The molecule has 0 bridgehead atoms. The van der Waals surface area contributed by atoms with Gasteiger partial charge in [0.15, 0.2) is 0 Å². The van der Waals surface area contributed by atoms with Crippen molar-refractivity contribution in [1.29, 1.82) is 0 Å². The van der Waals surface area contributed by atoms with E-state index in [9.17, 15) is 0 Å². The maximum atomic E-state index is 6.85. The predicted octanol–water partition coefficient (Wildman–Crippen LogP) is 6.77. The Morgan fingerprint density at radius 3 is 1.24 bits per heavy atom. The van der Waals surface area contributed by atoms with E-state index in [4.69, 9.17) is 7.53 Å². The molecular formula is C36H35GeNO2Si2. The fourth-order valence-electron chi connectivity index (χ4n) is 6.42. The third-order valence-electron chi connectivity index (χ3n) is 8.88. The quantitative estimate of drug-likeness (QED) is 0.216. The van der Waals surface area contributed by atoms with Gasteiger partial charge >= 0.3 is 252 Å². The van der Waals surface area contributed by atoms with Gasteiger partial charge in [-0.3, -0.25) is 0 Å². The average molecular weight is 642 g/mol. The Kier molecular flexibility index (Phi) is 7.39. The van der Waals surface area contributed by atoms with Crippen LogP contribution in [0.4, 0.5) is 0 Å². The molecule has 42 heavy (non-hydrogen) atoms. The van der Waals surface area contributed by atoms with E-state index >= 15 is 0 Å².